The quantitative estimate of drug-likeness (QED) is 0.746. The van der Waals surface area contributed by atoms with Gasteiger partial charge in [0.1, 0.15) is 23.8 Å². The van der Waals surface area contributed by atoms with Crippen LogP contribution in [-0.4, -0.2) is 49.3 Å². The molecule has 0 saturated heterocycles. The summed E-state index contributed by atoms with van der Waals surface area (Å²) < 4.78 is 16.1. The van der Waals surface area contributed by atoms with Crippen molar-refractivity contribution in [2.75, 3.05) is 31.0 Å². The Morgan fingerprint density at radius 3 is 2.50 bits per heavy atom. The van der Waals surface area contributed by atoms with Crippen LogP contribution >= 0.6 is 0 Å². The van der Waals surface area contributed by atoms with E-state index in [0.717, 1.165) is 0 Å². The fourth-order valence-electron chi connectivity index (χ4n) is 3.11. The number of benzene rings is 2. The molecule has 0 atom stereocenters. The number of hydrogen-bond acceptors (Lipinski definition) is 6. The lowest BCUT2D eigenvalue weighted by molar-refractivity contribution is -0.133. The molecule has 0 radical (unpaired) electrons. The zero-order valence-electron chi connectivity index (χ0n) is 17.0. The maximum Gasteiger partial charge on any atom is 0.335 e. The van der Waals surface area contributed by atoms with E-state index in [9.17, 15) is 19.5 Å². The van der Waals surface area contributed by atoms with E-state index in [4.69, 9.17) is 14.2 Å². The van der Waals surface area contributed by atoms with Crippen molar-refractivity contribution in [3.8, 4) is 17.2 Å². The van der Waals surface area contributed by atoms with Gasteiger partial charge in [0.25, 0.3) is 5.91 Å². The number of carbonyl (C=O) groups is 3. The number of hydrogen-bond donors (Lipinski definition) is 2. The molecule has 3 rings (SSSR count). The largest absolute Gasteiger partial charge is 0.497 e. The van der Waals surface area contributed by atoms with Gasteiger partial charge in [-0.15, -0.1) is 0 Å². The van der Waals surface area contributed by atoms with E-state index in [2.05, 4.69) is 5.32 Å². The van der Waals surface area contributed by atoms with Crippen molar-refractivity contribution < 1.29 is 33.7 Å². The Hall–Kier alpha value is -3.75. The third-order valence-electron chi connectivity index (χ3n) is 4.61. The first-order valence-corrected chi connectivity index (χ1v) is 9.06. The minimum absolute atomic E-state index is 0.0180. The van der Waals surface area contributed by atoms with Crippen molar-refractivity contribution in [1.29, 1.82) is 0 Å². The van der Waals surface area contributed by atoms with Gasteiger partial charge in [-0.25, -0.2) is 4.79 Å². The summed E-state index contributed by atoms with van der Waals surface area (Å²) >= 11 is 0. The molecular formula is C21H22N2O7. The number of carbonyl (C=O) groups excluding carboxylic acids is 2. The van der Waals surface area contributed by atoms with Crippen LogP contribution in [0.5, 0.6) is 17.2 Å². The Balaban J connectivity index is 1.89. The molecule has 1 aliphatic heterocycles. The lowest BCUT2D eigenvalue weighted by atomic mass is 10.0. The van der Waals surface area contributed by atoms with Gasteiger partial charge < -0.3 is 24.6 Å². The van der Waals surface area contributed by atoms with Crippen molar-refractivity contribution in [3.63, 3.8) is 0 Å². The molecule has 30 heavy (non-hydrogen) atoms. The monoisotopic (exact) mass is 414 g/mol. The molecule has 1 heterocycles. The van der Waals surface area contributed by atoms with Gasteiger partial charge in [0.05, 0.1) is 31.2 Å². The summed E-state index contributed by atoms with van der Waals surface area (Å²) in [6.07, 6.45) is 0. The number of fused-ring (bicyclic) bond motifs is 1. The van der Waals surface area contributed by atoms with Gasteiger partial charge in [-0.1, -0.05) is 0 Å². The minimum atomic E-state index is -1.27. The standard InChI is InChI=1S/C21H22N2O7/c1-21(2)20(27)23(15-7-5-12(19(25)26)9-17(15)30-21)11-18(24)22-14-10-13(28-3)6-8-16(14)29-4/h5-10H,11H2,1-4H3,(H,22,24)(H,25,26). The molecule has 9 heteroatoms. The second-order valence-corrected chi connectivity index (χ2v) is 7.11. The molecule has 158 valence electrons. The van der Waals surface area contributed by atoms with Crippen LogP contribution in [-0.2, 0) is 9.59 Å². The van der Waals surface area contributed by atoms with Crippen molar-refractivity contribution >= 4 is 29.2 Å². The number of rotatable bonds is 6. The molecule has 0 saturated carbocycles. The Morgan fingerprint density at radius 1 is 1.13 bits per heavy atom. The predicted molar refractivity (Wildman–Crippen MR) is 109 cm³/mol. The molecule has 0 aliphatic carbocycles. The Kier molecular flexibility index (Phi) is 5.55. The van der Waals surface area contributed by atoms with Crippen molar-refractivity contribution in [2.24, 2.45) is 0 Å². The summed E-state index contributed by atoms with van der Waals surface area (Å²) in [6, 6.07) is 9.09. The number of nitrogens with one attached hydrogen (secondary N) is 1. The second-order valence-electron chi connectivity index (χ2n) is 7.11. The summed E-state index contributed by atoms with van der Waals surface area (Å²) in [4.78, 5) is 38.2. The predicted octanol–water partition coefficient (Wildman–Crippen LogP) is 2.54. The topological polar surface area (TPSA) is 114 Å². The Bertz CT molecular complexity index is 1020. The summed E-state index contributed by atoms with van der Waals surface area (Å²) in [5, 5.41) is 11.9. The van der Waals surface area contributed by atoms with Crippen LogP contribution in [0.25, 0.3) is 0 Å². The van der Waals surface area contributed by atoms with Crippen molar-refractivity contribution in [1.82, 2.24) is 0 Å². The maximum atomic E-state index is 12.9. The SMILES string of the molecule is COc1ccc(OC)c(NC(=O)CN2C(=O)C(C)(C)Oc3cc(C(=O)O)ccc32)c1. The highest BCUT2D eigenvalue weighted by Crippen LogP contribution is 2.38. The molecule has 2 aromatic rings. The number of ether oxygens (including phenoxy) is 3. The van der Waals surface area contributed by atoms with E-state index in [1.807, 2.05) is 0 Å². The van der Waals surface area contributed by atoms with Crippen LogP contribution in [0.15, 0.2) is 36.4 Å². The molecule has 0 fully saturated rings. The molecule has 0 aromatic heterocycles. The normalized spacial score (nSPS) is 14.4. The second kappa shape index (κ2) is 7.94. The van der Waals surface area contributed by atoms with Gasteiger partial charge in [0.15, 0.2) is 5.60 Å². The summed E-state index contributed by atoms with van der Waals surface area (Å²) in [5.41, 5.74) is -0.539. The molecule has 9 nitrogen and oxygen atoms in total. The zero-order valence-corrected chi connectivity index (χ0v) is 17.0. The summed E-state index contributed by atoms with van der Waals surface area (Å²) in [6.45, 7) is 2.81. The fourth-order valence-corrected chi connectivity index (χ4v) is 3.11. The highest BCUT2D eigenvalue weighted by Gasteiger charge is 2.41. The molecule has 0 spiro atoms. The van der Waals surface area contributed by atoms with Crippen LogP contribution in [0.4, 0.5) is 11.4 Å². The summed E-state index contributed by atoms with van der Waals surface area (Å²) in [7, 11) is 2.98. The first kappa shape index (κ1) is 21.0. The highest BCUT2D eigenvalue weighted by atomic mass is 16.5. The lowest BCUT2D eigenvalue weighted by Crippen LogP contribution is -2.54. The molecule has 2 N–H and O–H groups in total. The molecule has 2 aromatic carbocycles. The molecular weight excluding hydrogens is 392 g/mol. The number of anilines is 2. The van der Waals surface area contributed by atoms with Crippen LogP contribution in [0.2, 0.25) is 0 Å². The van der Waals surface area contributed by atoms with Crippen LogP contribution < -0.4 is 24.4 Å². The number of carboxylic acids is 1. The number of amides is 2. The van der Waals surface area contributed by atoms with E-state index in [1.54, 1.807) is 32.0 Å². The van der Waals surface area contributed by atoms with E-state index in [0.29, 0.717) is 22.9 Å². The van der Waals surface area contributed by atoms with Gasteiger partial charge in [-0.05, 0) is 44.2 Å². The van der Waals surface area contributed by atoms with Gasteiger partial charge in [-0.2, -0.15) is 0 Å². The van der Waals surface area contributed by atoms with Gasteiger partial charge in [-0.3, -0.25) is 14.5 Å². The van der Waals surface area contributed by atoms with Crippen LogP contribution in [0.1, 0.15) is 24.2 Å². The van der Waals surface area contributed by atoms with Gasteiger partial charge in [0, 0.05) is 6.07 Å². The van der Waals surface area contributed by atoms with Crippen molar-refractivity contribution in [2.45, 2.75) is 19.4 Å². The van der Waals surface area contributed by atoms with E-state index in [1.165, 1.54) is 37.3 Å². The third kappa shape index (κ3) is 4.00. The molecule has 0 unspecified atom stereocenters. The van der Waals surface area contributed by atoms with Gasteiger partial charge in [0.2, 0.25) is 5.91 Å². The molecule has 0 bridgehead atoms. The first-order valence-electron chi connectivity index (χ1n) is 9.06. The maximum absolute atomic E-state index is 12.9. The average Bonchev–Trinajstić information content (AvgIpc) is 2.70. The number of carboxylic acid groups (broad SMARTS) is 1. The van der Waals surface area contributed by atoms with Crippen LogP contribution in [0.3, 0.4) is 0 Å². The Labute approximate surface area is 173 Å². The van der Waals surface area contributed by atoms with E-state index in [-0.39, 0.29) is 17.9 Å². The molecule has 2 amide bonds. The Morgan fingerprint density at radius 2 is 1.87 bits per heavy atom. The summed E-state index contributed by atoms with van der Waals surface area (Å²) in [5.74, 6) is -0.839. The number of aromatic carboxylic acids is 1. The third-order valence-corrected chi connectivity index (χ3v) is 4.61. The van der Waals surface area contributed by atoms with E-state index >= 15 is 0 Å². The fraction of sp³-hybridized carbons (Fsp3) is 0.286. The van der Waals surface area contributed by atoms with Crippen molar-refractivity contribution in [3.05, 3.63) is 42.0 Å². The zero-order chi connectivity index (χ0) is 22.1. The molecule has 1 aliphatic rings. The van der Waals surface area contributed by atoms with Gasteiger partial charge >= 0.3 is 5.97 Å². The average molecular weight is 414 g/mol. The highest BCUT2D eigenvalue weighted by molar-refractivity contribution is 6.08. The first-order chi connectivity index (χ1) is 14.2. The smallest absolute Gasteiger partial charge is 0.335 e. The number of nitrogens with zero attached hydrogens (tertiary/aromatic N) is 1. The van der Waals surface area contributed by atoms with E-state index < -0.39 is 23.4 Å². The van der Waals surface area contributed by atoms with Crippen LogP contribution in [0, 0.1) is 0 Å². The lowest BCUT2D eigenvalue weighted by Gasteiger charge is -2.38. The minimum Gasteiger partial charge on any atom is -0.497 e. The number of methoxy groups -OCH3 is 2.